The molecule has 2 fully saturated rings. The van der Waals surface area contributed by atoms with Crippen LogP contribution in [-0.2, 0) is 14.4 Å². The number of hydrogen-bond acceptors (Lipinski definition) is 4. The highest BCUT2D eigenvalue weighted by Gasteiger charge is 2.58. The van der Waals surface area contributed by atoms with Crippen LogP contribution >= 0.6 is 23.2 Å². The van der Waals surface area contributed by atoms with Gasteiger partial charge in [-0.15, -0.1) is 0 Å². The molecule has 2 heterocycles. The maximum absolute atomic E-state index is 13.6. The summed E-state index contributed by atoms with van der Waals surface area (Å²) in [5, 5.41) is 2.92. The highest BCUT2D eigenvalue weighted by atomic mass is 35.5. The van der Waals surface area contributed by atoms with Crippen LogP contribution < -0.4 is 0 Å². The van der Waals surface area contributed by atoms with E-state index in [9.17, 15) is 9.59 Å². The number of piperidine rings is 1. The topological polar surface area (TPSA) is 49.9 Å². The zero-order chi connectivity index (χ0) is 21.6. The summed E-state index contributed by atoms with van der Waals surface area (Å²) in [7, 11) is 3.35. The Morgan fingerprint density at radius 2 is 1.67 bits per heavy atom. The first-order valence-corrected chi connectivity index (χ1v) is 10.7. The molecule has 0 bridgehead atoms. The van der Waals surface area contributed by atoms with Crippen LogP contribution in [0, 0.1) is 6.92 Å². The van der Waals surface area contributed by atoms with Gasteiger partial charge in [0.15, 0.2) is 5.78 Å². The fourth-order valence-corrected chi connectivity index (χ4v) is 5.26. The summed E-state index contributed by atoms with van der Waals surface area (Å²) in [6.45, 7) is 3.11. The number of Topliss-reactive ketones (excluding diaryl/α,β-unsaturated/α-hetero) is 1. The van der Waals surface area contributed by atoms with Crippen LogP contribution in [0.1, 0.15) is 29.9 Å². The summed E-state index contributed by atoms with van der Waals surface area (Å²) < 4.78 is 0. The standard InChI is InChI=1S/C23H24Cl2N2O3/c1-14-12-16(15-4-6-17(24)7-5-15)13-18(25)19(14)20-21(28)23(26(2)22(20)29)8-10-27(30-3)11-9-23/h4-7,12-13,20H,8-11H2,1-3H3. The van der Waals surface area contributed by atoms with Crippen LogP contribution in [0.3, 0.4) is 0 Å². The zero-order valence-corrected chi connectivity index (χ0v) is 18.8. The summed E-state index contributed by atoms with van der Waals surface area (Å²) >= 11 is 12.7. The van der Waals surface area contributed by atoms with Crippen LogP contribution in [0.2, 0.25) is 10.0 Å². The Balaban J connectivity index is 1.71. The number of ketones is 1. The molecule has 5 nitrogen and oxygen atoms in total. The van der Waals surface area contributed by atoms with Gasteiger partial charge in [0.1, 0.15) is 11.5 Å². The fraction of sp³-hybridized carbons (Fsp3) is 0.391. The van der Waals surface area contributed by atoms with Gasteiger partial charge in [0.2, 0.25) is 5.91 Å². The molecule has 7 heteroatoms. The highest BCUT2D eigenvalue weighted by molar-refractivity contribution is 6.33. The summed E-state index contributed by atoms with van der Waals surface area (Å²) in [6.07, 6.45) is 1.11. The smallest absolute Gasteiger partial charge is 0.238 e. The Hall–Kier alpha value is -1.92. The zero-order valence-electron chi connectivity index (χ0n) is 17.2. The minimum Gasteiger partial charge on any atom is -0.332 e. The second-order valence-corrected chi connectivity index (χ2v) is 8.88. The number of likely N-dealkylation sites (N-methyl/N-ethyl adjacent to an activating group) is 1. The third-order valence-corrected chi connectivity index (χ3v) is 7.12. The average molecular weight is 447 g/mol. The summed E-state index contributed by atoms with van der Waals surface area (Å²) in [5.74, 6) is -1.11. The highest BCUT2D eigenvalue weighted by Crippen LogP contribution is 2.45. The Kier molecular flexibility index (Phi) is 5.66. The van der Waals surface area contributed by atoms with Gasteiger partial charge in [-0.3, -0.25) is 9.59 Å². The largest absolute Gasteiger partial charge is 0.332 e. The van der Waals surface area contributed by atoms with Crippen molar-refractivity contribution in [3.63, 3.8) is 0 Å². The molecule has 0 saturated carbocycles. The van der Waals surface area contributed by atoms with E-state index in [0.29, 0.717) is 41.5 Å². The molecule has 0 N–H and O–H groups in total. The molecular formula is C23H24Cl2N2O3. The molecule has 2 aromatic rings. The lowest BCUT2D eigenvalue weighted by Crippen LogP contribution is -2.54. The maximum atomic E-state index is 13.6. The van der Waals surface area contributed by atoms with E-state index in [-0.39, 0.29) is 11.7 Å². The van der Waals surface area contributed by atoms with E-state index < -0.39 is 11.5 Å². The molecule has 1 amide bonds. The molecular weight excluding hydrogens is 423 g/mol. The van der Waals surface area contributed by atoms with Crippen molar-refractivity contribution < 1.29 is 14.4 Å². The molecule has 2 aliphatic rings. The lowest BCUT2D eigenvalue weighted by molar-refractivity contribution is -0.165. The van der Waals surface area contributed by atoms with Gasteiger partial charge in [0.25, 0.3) is 0 Å². The van der Waals surface area contributed by atoms with E-state index in [1.807, 2.05) is 48.4 Å². The van der Waals surface area contributed by atoms with E-state index in [1.54, 1.807) is 19.1 Å². The molecule has 2 aliphatic heterocycles. The van der Waals surface area contributed by atoms with Gasteiger partial charge < -0.3 is 9.74 Å². The van der Waals surface area contributed by atoms with Gasteiger partial charge >= 0.3 is 0 Å². The minimum atomic E-state index is -0.865. The molecule has 2 saturated heterocycles. The number of benzene rings is 2. The molecule has 0 radical (unpaired) electrons. The van der Waals surface area contributed by atoms with Gasteiger partial charge in [-0.2, -0.15) is 5.06 Å². The quantitative estimate of drug-likeness (QED) is 0.651. The molecule has 0 aromatic heterocycles. The van der Waals surface area contributed by atoms with Crippen LogP contribution in [-0.4, -0.2) is 54.4 Å². The Bertz CT molecular complexity index is 975. The average Bonchev–Trinajstić information content (AvgIpc) is 2.90. The minimum absolute atomic E-state index is 0.0602. The van der Waals surface area contributed by atoms with Gasteiger partial charge in [-0.1, -0.05) is 41.4 Å². The molecule has 158 valence electrons. The first kappa shape index (κ1) is 21.3. The Morgan fingerprint density at radius 3 is 2.23 bits per heavy atom. The van der Waals surface area contributed by atoms with E-state index in [1.165, 1.54) is 0 Å². The summed E-state index contributed by atoms with van der Waals surface area (Å²) in [4.78, 5) is 33.8. The van der Waals surface area contributed by atoms with E-state index in [4.69, 9.17) is 28.0 Å². The van der Waals surface area contributed by atoms with Crippen molar-refractivity contribution in [3.8, 4) is 11.1 Å². The molecule has 4 rings (SSSR count). The summed E-state index contributed by atoms with van der Waals surface area (Å²) in [5.41, 5.74) is 2.55. The number of halogens is 2. The van der Waals surface area contributed by atoms with Crippen molar-refractivity contribution in [2.75, 3.05) is 27.2 Å². The van der Waals surface area contributed by atoms with Gasteiger partial charge in [-0.25, -0.2) is 0 Å². The van der Waals surface area contributed by atoms with E-state index >= 15 is 0 Å². The Morgan fingerprint density at radius 1 is 1.03 bits per heavy atom. The van der Waals surface area contributed by atoms with Gasteiger partial charge in [0.05, 0.1) is 7.11 Å². The van der Waals surface area contributed by atoms with Crippen molar-refractivity contribution in [1.29, 1.82) is 0 Å². The van der Waals surface area contributed by atoms with Crippen molar-refractivity contribution in [1.82, 2.24) is 9.96 Å². The van der Waals surface area contributed by atoms with E-state index in [2.05, 4.69) is 0 Å². The fourth-order valence-electron chi connectivity index (χ4n) is 4.76. The number of amides is 1. The molecule has 1 spiro atoms. The van der Waals surface area contributed by atoms with Crippen molar-refractivity contribution in [2.24, 2.45) is 0 Å². The second-order valence-electron chi connectivity index (χ2n) is 8.03. The van der Waals surface area contributed by atoms with E-state index in [0.717, 1.165) is 16.7 Å². The number of nitrogens with zero attached hydrogens (tertiary/aromatic N) is 2. The molecule has 1 unspecified atom stereocenters. The predicted octanol–water partition coefficient (Wildman–Crippen LogP) is 4.49. The van der Waals surface area contributed by atoms with Crippen LogP contribution in [0.4, 0.5) is 0 Å². The lowest BCUT2D eigenvalue weighted by atomic mass is 9.79. The normalized spacial score (nSPS) is 21.6. The lowest BCUT2D eigenvalue weighted by Gasteiger charge is -2.41. The van der Waals surface area contributed by atoms with Crippen LogP contribution in [0.25, 0.3) is 11.1 Å². The van der Waals surface area contributed by atoms with Gasteiger partial charge in [-0.05, 0) is 60.2 Å². The Labute approximate surface area is 186 Å². The van der Waals surface area contributed by atoms with Crippen molar-refractivity contribution in [3.05, 3.63) is 57.6 Å². The van der Waals surface area contributed by atoms with Crippen LogP contribution in [0.15, 0.2) is 36.4 Å². The van der Waals surface area contributed by atoms with Gasteiger partial charge in [0, 0.05) is 30.2 Å². The first-order chi connectivity index (χ1) is 14.3. The number of rotatable bonds is 3. The third-order valence-electron chi connectivity index (χ3n) is 6.55. The monoisotopic (exact) mass is 446 g/mol. The molecule has 2 aromatic carbocycles. The number of hydrogen-bond donors (Lipinski definition) is 0. The van der Waals surface area contributed by atoms with Crippen LogP contribution in [0.5, 0.6) is 0 Å². The summed E-state index contributed by atoms with van der Waals surface area (Å²) in [6, 6.07) is 11.3. The predicted molar refractivity (Wildman–Crippen MR) is 118 cm³/mol. The third kappa shape index (κ3) is 3.34. The number of carbonyl (C=O) groups excluding carboxylic acids is 2. The maximum Gasteiger partial charge on any atom is 0.238 e. The number of aryl methyl sites for hydroxylation is 1. The first-order valence-electron chi connectivity index (χ1n) is 9.95. The number of likely N-dealkylation sites (tertiary alicyclic amines) is 1. The molecule has 0 aliphatic carbocycles. The number of hydroxylamine groups is 2. The second kappa shape index (κ2) is 7.97. The number of carbonyl (C=O) groups is 2. The van der Waals surface area contributed by atoms with Crippen molar-refractivity contribution in [2.45, 2.75) is 31.2 Å². The molecule has 30 heavy (non-hydrogen) atoms. The SMILES string of the molecule is CON1CCC2(CC1)C(=O)C(c1c(C)cc(-c3ccc(Cl)cc3)cc1Cl)C(=O)N2C. The molecule has 1 atom stereocenters. The van der Waals surface area contributed by atoms with Crippen molar-refractivity contribution >= 4 is 34.9 Å².